The van der Waals surface area contributed by atoms with Crippen molar-refractivity contribution in [3.05, 3.63) is 133 Å². The molecule has 0 amide bonds. The molecule has 6 aliphatic rings. The van der Waals surface area contributed by atoms with E-state index in [2.05, 4.69) is 75.5 Å². The molecule has 5 heterocycles. The summed E-state index contributed by atoms with van der Waals surface area (Å²) in [4.78, 5) is 27.8. The molecule has 8 bridgehead atoms. The summed E-state index contributed by atoms with van der Waals surface area (Å²) in [6.45, 7) is 10.6. The molecule has 1 saturated heterocycles. The monoisotopic (exact) mass is 624 g/mol. The van der Waals surface area contributed by atoms with Crippen molar-refractivity contribution in [1.29, 1.82) is 0 Å². The summed E-state index contributed by atoms with van der Waals surface area (Å²) in [5, 5.41) is 15.0. The number of hydrogen-bond donors (Lipinski definition) is 2. The number of aliphatic hydroxyl groups excluding tert-OH is 1. The zero-order chi connectivity index (χ0) is 33.0. The Hall–Kier alpha value is -5.04. The lowest BCUT2D eigenvalue weighted by Gasteiger charge is -2.17. The molecule has 0 unspecified atom stereocenters. The highest BCUT2D eigenvalue weighted by Gasteiger charge is 2.41. The van der Waals surface area contributed by atoms with Gasteiger partial charge in [0.15, 0.2) is 0 Å². The van der Waals surface area contributed by atoms with Gasteiger partial charge in [0.25, 0.3) is 0 Å². The minimum Gasteiger partial charge on any atom is -0.511 e. The van der Waals surface area contributed by atoms with Crippen molar-refractivity contribution in [2.75, 3.05) is 7.11 Å². The van der Waals surface area contributed by atoms with Gasteiger partial charge in [-0.05, 0) is 79.7 Å². The topological polar surface area (TPSA) is 95.6 Å². The van der Waals surface area contributed by atoms with Crippen LogP contribution in [0.25, 0.3) is 6.08 Å². The smallest absolute Gasteiger partial charge is 0.305 e. The van der Waals surface area contributed by atoms with E-state index < -0.39 is 0 Å². The molecule has 0 radical (unpaired) electrons. The van der Waals surface area contributed by atoms with Gasteiger partial charge in [-0.2, -0.15) is 0 Å². The van der Waals surface area contributed by atoms with Crippen molar-refractivity contribution in [3.63, 3.8) is 0 Å². The Morgan fingerprint density at radius 3 is 2.47 bits per heavy atom. The van der Waals surface area contributed by atoms with E-state index in [1.54, 1.807) is 0 Å². The SMILES string of the molecule is CCC1=C(C)C2=NC1=CC1=C(C)C3=C(O)CC(=C4NC(=CC5=NC(=C2)C(/C=C/c2ccccc2)=C5C)[C@@H](C)[C@@H]4CCC(=O)OC)C3=N1. The molecule has 7 nitrogen and oxygen atoms in total. The first-order valence-electron chi connectivity index (χ1n) is 16.5. The van der Waals surface area contributed by atoms with Crippen LogP contribution in [0, 0.1) is 11.8 Å². The van der Waals surface area contributed by atoms with E-state index >= 15 is 0 Å². The van der Waals surface area contributed by atoms with Crippen molar-refractivity contribution in [2.45, 2.75) is 60.3 Å². The van der Waals surface area contributed by atoms with E-state index in [-0.39, 0.29) is 17.8 Å². The summed E-state index contributed by atoms with van der Waals surface area (Å²) >= 11 is 0. The summed E-state index contributed by atoms with van der Waals surface area (Å²) in [6.07, 6.45) is 12.8. The van der Waals surface area contributed by atoms with Crippen LogP contribution in [-0.2, 0) is 9.53 Å². The maximum Gasteiger partial charge on any atom is 0.305 e. The molecule has 1 aromatic carbocycles. The Morgan fingerprint density at radius 1 is 0.979 bits per heavy atom. The third-order valence-electron chi connectivity index (χ3n) is 10.2. The second kappa shape index (κ2) is 12.0. The first-order chi connectivity index (χ1) is 22.7. The van der Waals surface area contributed by atoms with Crippen LogP contribution >= 0.6 is 0 Å². The number of carbonyl (C=O) groups excluding carboxylic acids is 1. The number of nitrogens with one attached hydrogen (secondary N) is 1. The number of esters is 1. The third-order valence-corrected chi connectivity index (χ3v) is 10.2. The minimum atomic E-state index is -0.231. The predicted molar refractivity (Wildman–Crippen MR) is 189 cm³/mol. The number of benzene rings is 1. The highest BCUT2D eigenvalue weighted by atomic mass is 16.5. The number of aliphatic hydroxyl groups is 1. The molecule has 1 aromatic rings. The number of allylic oxidation sites excluding steroid dienone is 12. The molecule has 1 aliphatic carbocycles. The number of hydrogen-bond acceptors (Lipinski definition) is 7. The number of nitrogens with zero attached hydrogens (tertiary/aromatic N) is 3. The molecular formula is C40H40N4O3. The summed E-state index contributed by atoms with van der Waals surface area (Å²) in [5.41, 5.74) is 15.5. The number of rotatable bonds is 6. The van der Waals surface area contributed by atoms with Crippen LogP contribution in [0.3, 0.4) is 0 Å². The van der Waals surface area contributed by atoms with Crippen molar-refractivity contribution in [3.8, 4) is 0 Å². The van der Waals surface area contributed by atoms with Crippen LogP contribution in [0.4, 0.5) is 0 Å². The number of methoxy groups -OCH3 is 1. The average molecular weight is 625 g/mol. The van der Waals surface area contributed by atoms with Gasteiger partial charge in [0, 0.05) is 52.8 Å². The molecule has 2 N–H and O–H groups in total. The second-order valence-corrected chi connectivity index (χ2v) is 12.9. The number of carbonyl (C=O) groups is 1. The maximum absolute atomic E-state index is 12.3. The first kappa shape index (κ1) is 30.6. The third kappa shape index (κ3) is 5.24. The van der Waals surface area contributed by atoms with E-state index in [4.69, 9.17) is 19.7 Å². The Balaban J connectivity index is 1.44. The van der Waals surface area contributed by atoms with Gasteiger partial charge in [0.2, 0.25) is 0 Å². The van der Waals surface area contributed by atoms with Gasteiger partial charge < -0.3 is 15.2 Å². The van der Waals surface area contributed by atoms with Crippen molar-refractivity contribution >= 4 is 29.2 Å². The summed E-state index contributed by atoms with van der Waals surface area (Å²) < 4.78 is 5.01. The standard InChI is InChI=1S/C40H40N4O3/c1-7-26-21(2)31-19-35-27(14-13-25-11-9-8-10-12-25)22(3)30(42-35)18-32-23(4)28(15-16-37(46)47-6)39(43-32)29-17-36(45)38-24(5)33(44-40(29)38)20-34(26)41-31/h8-14,18-20,23,28,43,45H,7,15-17H2,1-6H3/b14-13+,32-18?,34-20?,35-19?,39-29?/t23-,28-/m0/s1. The van der Waals surface area contributed by atoms with Gasteiger partial charge in [-0.15, -0.1) is 0 Å². The summed E-state index contributed by atoms with van der Waals surface area (Å²) in [7, 11) is 1.43. The molecule has 2 atom stereocenters. The number of ether oxygens (including phenoxy) is 1. The minimum absolute atomic E-state index is 0.0150. The molecule has 0 spiro atoms. The fourth-order valence-electron chi connectivity index (χ4n) is 7.45. The zero-order valence-corrected chi connectivity index (χ0v) is 27.9. The van der Waals surface area contributed by atoms with E-state index in [0.717, 1.165) is 91.0 Å². The average Bonchev–Trinajstić information content (AvgIpc) is 3.82. The van der Waals surface area contributed by atoms with Gasteiger partial charge >= 0.3 is 5.97 Å². The fourth-order valence-corrected chi connectivity index (χ4v) is 7.45. The Morgan fingerprint density at radius 2 is 1.72 bits per heavy atom. The second-order valence-electron chi connectivity index (χ2n) is 12.9. The van der Waals surface area contributed by atoms with Crippen LogP contribution in [0.1, 0.15) is 65.9 Å². The van der Waals surface area contributed by atoms with Gasteiger partial charge in [0.1, 0.15) is 5.76 Å². The van der Waals surface area contributed by atoms with Crippen molar-refractivity contribution in [1.82, 2.24) is 5.32 Å². The fraction of sp³-hybridized carbons (Fsp3) is 0.300. The van der Waals surface area contributed by atoms with Crippen LogP contribution in [0.2, 0.25) is 0 Å². The van der Waals surface area contributed by atoms with Gasteiger partial charge in [-0.1, -0.05) is 56.3 Å². The molecular weight excluding hydrogens is 584 g/mol. The highest BCUT2D eigenvalue weighted by Crippen LogP contribution is 2.46. The van der Waals surface area contributed by atoms with E-state index in [9.17, 15) is 9.90 Å². The predicted octanol–water partition coefficient (Wildman–Crippen LogP) is 8.32. The van der Waals surface area contributed by atoms with Gasteiger partial charge in [-0.3, -0.25) is 4.79 Å². The lowest BCUT2D eigenvalue weighted by molar-refractivity contribution is -0.140. The van der Waals surface area contributed by atoms with Crippen LogP contribution in [0.5, 0.6) is 0 Å². The maximum atomic E-state index is 12.3. The van der Waals surface area contributed by atoms with Crippen LogP contribution in [-0.4, -0.2) is 35.3 Å². The molecule has 7 heteroatoms. The largest absolute Gasteiger partial charge is 0.511 e. The lowest BCUT2D eigenvalue weighted by Crippen LogP contribution is -2.16. The van der Waals surface area contributed by atoms with Crippen LogP contribution in [0.15, 0.2) is 143 Å². The van der Waals surface area contributed by atoms with Gasteiger partial charge in [-0.25, -0.2) is 15.0 Å². The molecule has 47 heavy (non-hydrogen) atoms. The van der Waals surface area contributed by atoms with E-state index in [1.165, 1.54) is 12.7 Å². The first-order valence-corrected chi connectivity index (χ1v) is 16.5. The molecule has 1 fully saturated rings. The zero-order valence-electron chi connectivity index (χ0n) is 27.9. The quantitative estimate of drug-likeness (QED) is 0.311. The van der Waals surface area contributed by atoms with Crippen molar-refractivity contribution in [2.24, 2.45) is 26.8 Å². The van der Waals surface area contributed by atoms with E-state index in [0.29, 0.717) is 25.0 Å². The summed E-state index contributed by atoms with van der Waals surface area (Å²) in [5.74, 6) is 0.189. The Bertz CT molecular complexity index is 2000. The van der Waals surface area contributed by atoms with Crippen LogP contribution < -0.4 is 5.32 Å². The normalized spacial score (nSPS) is 23.4. The highest BCUT2D eigenvalue weighted by molar-refractivity contribution is 6.21. The molecule has 0 saturated carbocycles. The lowest BCUT2D eigenvalue weighted by atomic mass is 9.86. The van der Waals surface area contributed by atoms with E-state index in [1.807, 2.05) is 25.1 Å². The summed E-state index contributed by atoms with van der Waals surface area (Å²) in [6, 6.07) is 10.3. The molecule has 7 rings (SSSR count). The number of fused-ring (bicyclic) bond motifs is 5. The molecule has 238 valence electrons. The van der Waals surface area contributed by atoms with Crippen molar-refractivity contribution < 1.29 is 14.6 Å². The Labute approximate surface area is 276 Å². The number of aliphatic imine (C=N–C) groups is 3. The Kier molecular flexibility index (Phi) is 7.79. The molecule has 5 aliphatic heterocycles. The van der Waals surface area contributed by atoms with Gasteiger partial charge in [0.05, 0.1) is 41.3 Å². The molecule has 0 aromatic heterocycles.